The molecule has 0 N–H and O–H groups in total. The number of carbonyl (C=O) groups excluding carboxylic acids is 1. The van der Waals surface area contributed by atoms with Crippen molar-refractivity contribution in [1.29, 1.82) is 0 Å². The predicted octanol–water partition coefficient (Wildman–Crippen LogP) is 4.68. The molecule has 1 aliphatic rings. The van der Waals surface area contributed by atoms with Crippen LogP contribution < -0.4 is 0 Å². The van der Waals surface area contributed by atoms with E-state index >= 15 is 0 Å². The van der Waals surface area contributed by atoms with Gasteiger partial charge < -0.3 is 9.64 Å². The van der Waals surface area contributed by atoms with Crippen molar-refractivity contribution in [2.24, 2.45) is 0 Å². The maximum Gasteiger partial charge on any atom is 0.227 e. The molecular weight excluding hydrogens is 391 g/mol. The summed E-state index contributed by atoms with van der Waals surface area (Å²) in [5, 5.41) is 0.678. The minimum atomic E-state index is -0.306. The molecule has 0 radical (unpaired) electrons. The van der Waals surface area contributed by atoms with Crippen molar-refractivity contribution in [3.8, 4) is 11.1 Å². The van der Waals surface area contributed by atoms with Crippen LogP contribution in [0, 0.1) is 5.82 Å². The Bertz CT molecular complexity index is 993. The first-order valence-corrected chi connectivity index (χ1v) is 9.82. The second-order valence-corrected chi connectivity index (χ2v) is 7.42. The molecule has 0 saturated carbocycles. The van der Waals surface area contributed by atoms with E-state index in [1.165, 1.54) is 12.1 Å². The Kier molecular flexibility index (Phi) is 5.88. The van der Waals surface area contributed by atoms with Crippen LogP contribution in [-0.4, -0.2) is 35.5 Å². The van der Waals surface area contributed by atoms with Gasteiger partial charge in [-0.05, 0) is 41.5 Å². The molecule has 148 valence electrons. The number of morpholine rings is 1. The highest BCUT2D eigenvalue weighted by atomic mass is 35.5. The molecule has 1 aromatic heterocycles. The molecule has 1 atom stereocenters. The Morgan fingerprint density at radius 1 is 1.14 bits per heavy atom. The van der Waals surface area contributed by atoms with Gasteiger partial charge in [0.25, 0.3) is 0 Å². The number of benzene rings is 2. The van der Waals surface area contributed by atoms with E-state index in [-0.39, 0.29) is 24.2 Å². The topological polar surface area (TPSA) is 42.4 Å². The Morgan fingerprint density at radius 3 is 2.69 bits per heavy atom. The molecule has 1 amide bonds. The van der Waals surface area contributed by atoms with E-state index in [0.717, 1.165) is 22.4 Å². The Labute approximate surface area is 173 Å². The fourth-order valence-electron chi connectivity index (χ4n) is 3.38. The standard InChI is InChI=1S/C23H20ClFN2O2/c24-19-3-1-2-17(13-19)18-6-9-21(26-14-18)22-15-27(10-11-29-22)23(28)12-16-4-7-20(25)8-5-16/h1-9,13-14,22H,10-12,15H2/t22-/m0/s1. The summed E-state index contributed by atoms with van der Waals surface area (Å²) in [5.74, 6) is -0.305. The third-order valence-corrected chi connectivity index (χ3v) is 5.20. The van der Waals surface area contributed by atoms with Crippen LogP contribution in [0.4, 0.5) is 4.39 Å². The number of ether oxygens (including phenoxy) is 1. The molecule has 3 aromatic rings. The van der Waals surface area contributed by atoms with Gasteiger partial charge in [0.1, 0.15) is 11.9 Å². The second-order valence-electron chi connectivity index (χ2n) is 6.98. The summed E-state index contributed by atoms with van der Waals surface area (Å²) in [5.41, 5.74) is 3.55. The van der Waals surface area contributed by atoms with Crippen molar-refractivity contribution in [3.05, 3.63) is 89.0 Å². The molecule has 0 spiro atoms. The molecule has 29 heavy (non-hydrogen) atoms. The third kappa shape index (κ3) is 4.81. The molecule has 1 saturated heterocycles. The fourth-order valence-corrected chi connectivity index (χ4v) is 3.57. The van der Waals surface area contributed by atoms with E-state index in [1.54, 1.807) is 23.2 Å². The van der Waals surface area contributed by atoms with Crippen LogP contribution in [0.1, 0.15) is 17.4 Å². The molecular formula is C23H20ClFN2O2. The van der Waals surface area contributed by atoms with Crippen molar-refractivity contribution in [1.82, 2.24) is 9.88 Å². The zero-order valence-electron chi connectivity index (χ0n) is 15.7. The van der Waals surface area contributed by atoms with Gasteiger partial charge in [-0.2, -0.15) is 0 Å². The summed E-state index contributed by atoms with van der Waals surface area (Å²) in [6, 6.07) is 17.5. The number of hydrogen-bond acceptors (Lipinski definition) is 3. The van der Waals surface area contributed by atoms with Gasteiger partial charge in [0, 0.05) is 23.3 Å². The van der Waals surface area contributed by atoms with Gasteiger partial charge in [-0.25, -0.2) is 4.39 Å². The Balaban J connectivity index is 1.42. The lowest BCUT2D eigenvalue weighted by atomic mass is 10.1. The first-order chi connectivity index (χ1) is 14.1. The molecule has 4 rings (SSSR count). The minimum absolute atomic E-state index is 0.000422. The van der Waals surface area contributed by atoms with Gasteiger partial charge in [-0.15, -0.1) is 0 Å². The lowest BCUT2D eigenvalue weighted by Crippen LogP contribution is -2.43. The molecule has 2 heterocycles. The van der Waals surface area contributed by atoms with Crippen LogP contribution in [0.2, 0.25) is 5.02 Å². The second kappa shape index (κ2) is 8.72. The van der Waals surface area contributed by atoms with Gasteiger partial charge in [0.15, 0.2) is 0 Å². The lowest BCUT2D eigenvalue weighted by Gasteiger charge is -2.32. The Morgan fingerprint density at radius 2 is 1.97 bits per heavy atom. The van der Waals surface area contributed by atoms with Crippen LogP contribution in [-0.2, 0) is 16.0 Å². The van der Waals surface area contributed by atoms with Crippen molar-refractivity contribution in [2.45, 2.75) is 12.5 Å². The van der Waals surface area contributed by atoms with E-state index in [4.69, 9.17) is 16.3 Å². The number of pyridine rings is 1. The number of amides is 1. The van der Waals surface area contributed by atoms with E-state index in [0.29, 0.717) is 24.7 Å². The zero-order valence-corrected chi connectivity index (χ0v) is 16.5. The number of carbonyl (C=O) groups is 1. The molecule has 4 nitrogen and oxygen atoms in total. The monoisotopic (exact) mass is 410 g/mol. The van der Waals surface area contributed by atoms with Crippen molar-refractivity contribution in [3.63, 3.8) is 0 Å². The minimum Gasteiger partial charge on any atom is -0.368 e. The SMILES string of the molecule is O=C(Cc1ccc(F)cc1)N1CCO[C@H](c2ccc(-c3cccc(Cl)c3)cn2)C1. The van der Waals surface area contributed by atoms with Crippen molar-refractivity contribution < 1.29 is 13.9 Å². The molecule has 2 aromatic carbocycles. The first-order valence-electron chi connectivity index (χ1n) is 9.44. The summed E-state index contributed by atoms with van der Waals surface area (Å²) >= 11 is 6.06. The molecule has 0 aliphatic carbocycles. The highest BCUT2D eigenvalue weighted by Crippen LogP contribution is 2.25. The van der Waals surface area contributed by atoms with E-state index in [2.05, 4.69) is 4.98 Å². The number of hydrogen-bond donors (Lipinski definition) is 0. The molecule has 0 bridgehead atoms. The van der Waals surface area contributed by atoms with Gasteiger partial charge in [-0.1, -0.05) is 41.9 Å². The maximum atomic E-state index is 13.0. The van der Waals surface area contributed by atoms with Crippen LogP contribution in [0.25, 0.3) is 11.1 Å². The molecule has 1 aliphatic heterocycles. The number of halogens is 2. The average Bonchev–Trinajstić information content (AvgIpc) is 2.75. The van der Waals surface area contributed by atoms with Gasteiger partial charge in [0.2, 0.25) is 5.91 Å². The predicted molar refractivity (Wildman–Crippen MR) is 110 cm³/mol. The van der Waals surface area contributed by atoms with E-state index < -0.39 is 0 Å². The Hall–Kier alpha value is -2.76. The maximum absolute atomic E-state index is 13.0. The third-order valence-electron chi connectivity index (χ3n) is 4.96. The summed E-state index contributed by atoms with van der Waals surface area (Å²) in [6.07, 6.45) is 1.77. The summed E-state index contributed by atoms with van der Waals surface area (Å²) in [4.78, 5) is 19.0. The summed E-state index contributed by atoms with van der Waals surface area (Å²) in [6.45, 7) is 1.44. The molecule has 1 fully saturated rings. The van der Waals surface area contributed by atoms with Crippen LogP contribution >= 0.6 is 11.6 Å². The number of aromatic nitrogens is 1. The van der Waals surface area contributed by atoms with Crippen LogP contribution in [0.5, 0.6) is 0 Å². The molecule has 0 unspecified atom stereocenters. The largest absolute Gasteiger partial charge is 0.368 e. The normalized spacial score (nSPS) is 16.6. The smallest absolute Gasteiger partial charge is 0.227 e. The molecule has 6 heteroatoms. The van der Waals surface area contributed by atoms with Crippen LogP contribution in [0.15, 0.2) is 66.9 Å². The van der Waals surface area contributed by atoms with Crippen molar-refractivity contribution in [2.75, 3.05) is 19.7 Å². The van der Waals surface area contributed by atoms with Crippen LogP contribution in [0.3, 0.4) is 0 Å². The fraction of sp³-hybridized carbons (Fsp3) is 0.217. The first kappa shape index (κ1) is 19.6. The highest BCUT2D eigenvalue weighted by molar-refractivity contribution is 6.30. The van der Waals surface area contributed by atoms with E-state index in [1.807, 2.05) is 36.4 Å². The average molecular weight is 411 g/mol. The lowest BCUT2D eigenvalue weighted by molar-refractivity contribution is -0.138. The summed E-state index contributed by atoms with van der Waals surface area (Å²) in [7, 11) is 0. The highest BCUT2D eigenvalue weighted by Gasteiger charge is 2.26. The zero-order chi connectivity index (χ0) is 20.2. The van der Waals surface area contributed by atoms with Gasteiger partial charge >= 0.3 is 0 Å². The van der Waals surface area contributed by atoms with Gasteiger partial charge in [0.05, 0.1) is 25.3 Å². The summed E-state index contributed by atoms with van der Waals surface area (Å²) < 4.78 is 18.9. The van der Waals surface area contributed by atoms with E-state index in [9.17, 15) is 9.18 Å². The number of rotatable bonds is 4. The number of nitrogens with zero attached hydrogens (tertiary/aromatic N) is 2. The van der Waals surface area contributed by atoms with Crippen molar-refractivity contribution >= 4 is 17.5 Å². The quantitative estimate of drug-likeness (QED) is 0.627. The van der Waals surface area contributed by atoms with Gasteiger partial charge in [-0.3, -0.25) is 9.78 Å².